The van der Waals surface area contributed by atoms with E-state index in [1.54, 1.807) is 6.20 Å². The van der Waals surface area contributed by atoms with Crippen LogP contribution < -0.4 is 5.32 Å². The lowest BCUT2D eigenvalue weighted by Gasteiger charge is -2.19. The second-order valence-electron chi connectivity index (χ2n) is 4.68. The number of benzene rings is 1. The smallest absolute Gasteiger partial charge is 0.129 e. The highest BCUT2D eigenvalue weighted by atomic mass is 19.1. The summed E-state index contributed by atoms with van der Waals surface area (Å²) >= 11 is 0. The van der Waals surface area contributed by atoms with Crippen molar-refractivity contribution < 1.29 is 8.78 Å². The molecule has 1 unspecified atom stereocenters. The van der Waals surface area contributed by atoms with Crippen molar-refractivity contribution in [2.24, 2.45) is 0 Å². The lowest BCUT2D eigenvalue weighted by molar-refractivity contribution is 0.531. The minimum Gasteiger partial charge on any atom is -0.311 e. The van der Waals surface area contributed by atoms with Crippen molar-refractivity contribution >= 4 is 0 Å². The Morgan fingerprint density at radius 1 is 1.20 bits per heavy atom. The molecule has 0 saturated carbocycles. The van der Waals surface area contributed by atoms with Gasteiger partial charge in [-0.05, 0) is 43.1 Å². The first-order valence-electron chi connectivity index (χ1n) is 6.70. The Hall–Kier alpha value is -1.81. The monoisotopic (exact) mass is 276 g/mol. The molecule has 1 aromatic carbocycles. The van der Waals surface area contributed by atoms with Gasteiger partial charge in [0.1, 0.15) is 11.6 Å². The van der Waals surface area contributed by atoms with E-state index in [9.17, 15) is 8.78 Å². The second-order valence-corrected chi connectivity index (χ2v) is 4.68. The van der Waals surface area contributed by atoms with Gasteiger partial charge in [-0.1, -0.05) is 19.1 Å². The summed E-state index contributed by atoms with van der Waals surface area (Å²) in [4.78, 5) is 4.41. The van der Waals surface area contributed by atoms with E-state index in [0.717, 1.165) is 23.7 Å². The van der Waals surface area contributed by atoms with Gasteiger partial charge >= 0.3 is 0 Å². The van der Waals surface area contributed by atoms with E-state index in [4.69, 9.17) is 0 Å². The standard InChI is InChI=1S/C16H18F2N2/c1-3-11-5-4-8-20-16(11)15(19-2)9-12-6-7-13(17)10-14(12)18/h4-8,10,15,19H,3,9H2,1-2H3. The molecule has 4 heteroatoms. The van der Waals surface area contributed by atoms with Crippen LogP contribution in [-0.4, -0.2) is 12.0 Å². The fraction of sp³-hybridized carbons (Fsp3) is 0.312. The Bertz CT molecular complexity index is 584. The van der Waals surface area contributed by atoms with Crippen molar-refractivity contribution in [3.8, 4) is 0 Å². The van der Waals surface area contributed by atoms with Gasteiger partial charge in [0, 0.05) is 12.3 Å². The van der Waals surface area contributed by atoms with Crippen LogP contribution in [0.15, 0.2) is 36.5 Å². The Balaban J connectivity index is 2.29. The molecule has 2 rings (SSSR count). The molecule has 0 aliphatic rings. The van der Waals surface area contributed by atoms with Gasteiger partial charge in [-0.2, -0.15) is 0 Å². The van der Waals surface area contributed by atoms with E-state index in [2.05, 4.69) is 17.2 Å². The lowest BCUT2D eigenvalue weighted by Crippen LogP contribution is -2.22. The Morgan fingerprint density at radius 2 is 2.00 bits per heavy atom. The average Bonchev–Trinajstić information content (AvgIpc) is 2.46. The van der Waals surface area contributed by atoms with Gasteiger partial charge in [0.15, 0.2) is 0 Å². The van der Waals surface area contributed by atoms with Crippen LogP contribution in [0.3, 0.4) is 0 Å². The van der Waals surface area contributed by atoms with Crippen LogP contribution in [0.4, 0.5) is 8.78 Å². The molecule has 1 heterocycles. The van der Waals surface area contributed by atoms with Gasteiger partial charge in [0.25, 0.3) is 0 Å². The third-order valence-corrected chi connectivity index (χ3v) is 3.42. The molecule has 1 atom stereocenters. The van der Waals surface area contributed by atoms with Gasteiger partial charge in [-0.3, -0.25) is 4.98 Å². The number of hydrogen-bond acceptors (Lipinski definition) is 2. The molecule has 0 amide bonds. The summed E-state index contributed by atoms with van der Waals surface area (Å²) in [5, 5.41) is 3.16. The van der Waals surface area contributed by atoms with Crippen LogP contribution in [0.1, 0.15) is 29.8 Å². The molecule has 0 radical (unpaired) electrons. The van der Waals surface area contributed by atoms with Crippen LogP contribution >= 0.6 is 0 Å². The number of nitrogens with zero attached hydrogens (tertiary/aromatic N) is 1. The largest absolute Gasteiger partial charge is 0.311 e. The summed E-state index contributed by atoms with van der Waals surface area (Å²) < 4.78 is 26.7. The Morgan fingerprint density at radius 3 is 2.65 bits per heavy atom. The molecule has 2 nitrogen and oxygen atoms in total. The molecule has 0 bridgehead atoms. The summed E-state index contributed by atoms with van der Waals surface area (Å²) in [5.41, 5.74) is 2.54. The summed E-state index contributed by atoms with van der Waals surface area (Å²) in [6.07, 6.45) is 3.04. The van der Waals surface area contributed by atoms with Crippen LogP contribution in [0.25, 0.3) is 0 Å². The lowest BCUT2D eigenvalue weighted by atomic mass is 9.98. The highest BCUT2D eigenvalue weighted by Gasteiger charge is 2.17. The second kappa shape index (κ2) is 6.57. The first kappa shape index (κ1) is 14.6. The fourth-order valence-electron chi connectivity index (χ4n) is 2.31. The van der Waals surface area contributed by atoms with Crippen molar-refractivity contribution in [3.63, 3.8) is 0 Å². The maximum atomic E-state index is 13.8. The fourth-order valence-corrected chi connectivity index (χ4v) is 2.31. The van der Waals surface area contributed by atoms with E-state index >= 15 is 0 Å². The number of rotatable bonds is 5. The summed E-state index contributed by atoms with van der Waals surface area (Å²) in [5.74, 6) is -1.07. The number of aryl methyl sites for hydroxylation is 1. The maximum Gasteiger partial charge on any atom is 0.129 e. The predicted molar refractivity (Wildman–Crippen MR) is 75.5 cm³/mol. The van der Waals surface area contributed by atoms with Gasteiger partial charge in [0.2, 0.25) is 0 Å². The summed E-state index contributed by atoms with van der Waals surface area (Å²) in [7, 11) is 1.82. The summed E-state index contributed by atoms with van der Waals surface area (Å²) in [6, 6.07) is 7.52. The number of aromatic nitrogens is 1. The predicted octanol–water partition coefficient (Wildman–Crippen LogP) is 3.43. The molecular weight excluding hydrogens is 258 g/mol. The Kier molecular flexibility index (Phi) is 4.79. The van der Waals surface area contributed by atoms with Crippen LogP contribution in [0.2, 0.25) is 0 Å². The van der Waals surface area contributed by atoms with Gasteiger partial charge in [0.05, 0.1) is 11.7 Å². The third kappa shape index (κ3) is 3.20. The molecule has 0 saturated heterocycles. The van der Waals surface area contributed by atoms with E-state index < -0.39 is 11.6 Å². The zero-order valence-corrected chi connectivity index (χ0v) is 11.7. The molecule has 0 aliphatic heterocycles. The van der Waals surface area contributed by atoms with Crippen LogP contribution in [0.5, 0.6) is 0 Å². The number of pyridine rings is 1. The zero-order chi connectivity index (χ0) is 14.5. The molecule has 2 aromatic rings. The molecule has 0 spiro atoms. The topological polar surface area (TPSA) is 24.9 Å². The van der Waals surface area contributed by atoms with Crippen molar-refractivity contribution in [3.05, 3.63) is 65.0 Å². The quantitative estimate of drug-likeness (QED) is 0.905. The minimum atomic E-state index is -0.556. The van der Waals surface area contributed by atoms with Gasteiger partial charge in [-0.15, -0.1) is 0 Å². The zero-order valence-electron chi connectivity index (χ0n) is 11.7. The number of hydrogen-bond donors (Lipinski definition) is 1. The van der Waals surface area contributed by atoms with Crippen LogP contribution in [0, 0.1) is 11.6 Å². The van der Waals surface area contributed by atoms with E-state index in [1.807, 2.05) is 19.2 Å². The number of nitrogens with one attached hydrogen (secondary N) is 1. The van der Waals surface area contributed by atoms with Gasteiger partial charge < -0.3 is 5.32 Å². The normalized spacial score (nSPS) is 12.4. The SMILES string of the molecule is CCc1cccnc1C(Cc1ccc(F)cc1F)NC. The Labute approximate surface area is 117 Å². The van der Waals surface area contributed by atoms with Crippen molar-refractivity contribution in [2.45, 2.75) is 25.8 Å². The molecule has 1 aromatic heterocycles. The molecule has 0 aliphatic carbocycles. The highest BCUT2D eigenvalue weighted by Crippen LogP contribution is 2.22. The molecule has 106 valence electrons. The highest BCUT2D eigenvalue weighted by molar-refractivity contribution is 5.26. The average molecular weight is 276 g/mol. The molecular formula is C16H18F2N2. The number of likely N-dealkylation sites (N-methyl/N-ethyl adjacent to an activating group) is 1. The molecule has 0 fully saturated rings. The molecule has 20 heavy (non-hydrogen) atoms. The third-order valence-electron chi connectivity index (χ3n) is 3.42. The van der Waals surface area contributed by atoms with E-state index in [1.165, 1.54) is 12.1 Å². The van der Waals surface area contributed by atoms with Crippen LogP contribution in [-0.2, 0) is 12.8 Å². The van der Waals surface area contributed by atoms with Gasteiger partial charge in [-0.25, -0.2) is 8.78 Å². The maximum absolute atomic E-state index is 13.8. The number of halogens is 2. The first-order chi connectivity index (χ1) is 9.65. The summed E-state index contributed by atoms with van der Waals surface area (Å²) in [6.45, 7) is 2.06. The minimum absolute atomic E-state index is 0.0916. The molecule has 1 N–H and O–H groups in total. The van der Waals surface area contributed by atoms with Crippen molar-refractivity contribution in [1.29, 1.82) is 0 Å². The van der Waals surface area contributed by atoms with E-state index in [0.29, 0.717) is 12.0 Å². The van der Waals surface area contributed by atoms with Crippen molar-refractivity contribution in [1.82, 2.24) is 10.3 Å². The van der Waals surface area contributed by atoms with Crippen molar-refractivity contribution in [2.75, 3.05) is 7.05 Å². The van der Waals surface area contributed by atoms with E-state index in [-0.39, 0.29) is 6.04 Å². The first-order valence-corrected chi connectivity index (χ1v) is 6.70.